The molecule has 322 valence electrons. The fourth-order valence-corrected chi connectivity index (χ4v) is 15.4. The number of anilines is 2. The van der Waals surface area contributed by atoms with Crippen LogP contribution in [0.3, 0.4) is 0 Å². The summed E-state index contributed by atoms with van der Waals surface area (Å²) in [5.74, 6) is 2.21. The summed E-state index contributed by atoms with van der Waals surface area (Å²) in [4.78, 5) is 30.1. The average molecular weight is 844 g/mol. The molecule has 0 bridgehead atoms. The normalized spacial score (nSPS) is 20.3. The average Bonchev–Trinajstić information content (AvgIpc) is 3.57. The number of carbonyl (C=O) groups excluding carboxylic acids is 1. The van der Waals surface area contributed by atoms with Crippen molar-refractivity contribution in [3.05, 3.63) is 47.7 Å². The van der Waals surface area contributed by atoms with Crippen molar-refractivity contribution in [2.45, 2.75) is 135 Å². The Morgan fingerprint density at radius 2 is 1.72 bits per heavy atom. The third-order valence-corrected chi connectivity index (χ3v) is 19.2. The minimum absolute atomic E-state index is 0.0966. The number of hydrogen-bond acceptors (Lipinski definition) is 9. The van der Waals surface area contributed by atoms with Gasteiger partial charge in [0.15, 0.2) is 11.6 Å². The van der Waals surface area contributed by atoms with E-state index in [4.69, 9.17) is 25.2 Å². The molecule has 10 nitrogen and oxygen atoms in total. The van der Waals surface area contributed by atoms with Gasteiger partial charge in [-0.2, -0.15) is 9.97 Å². The van der Waals surface area contributed by atoms with Crippen molar-refractivity contribution in [1.29, 1.82) is 0 Å². The largest absolute Gasteiger partial charge is 0.461 e. The fraction of sp³-hybridized carbons (Fsp3) is 0.565. The number of alkyl halides is 1. The van der Waals surface area contributed by atoms with Gasteiger partial charge in [-0.3, -0.25) is 14.9 Å². The third-order valence-electron chi connectivity index (χ3n) is 12.9. The van der Waals surface area contributed by atoms with Gasteiger partial charge in [0.25, 0.3) is 0 Å². The maximum Gasteiger partial charge on any atom is 0.429 e. The SMILES string of the molecule is CC(C)[Si](C#Cc1c(F)ccc2cc(N)cc(-c3ncc4c(N5CCCCCN5C(=O)OC(C)(C)C)nc(OC[C@@]56CCCN5C[C@H](F)C6)nc4c3F)c12)(C(C)C)C(C)C. The van der Waals surface area contributed by atoms with Gasteiger partial charge in [0.05, 0.1) is 16.5 Å². The molecule has 0 unspecified atom stereocenters. The van der Waals surface area contributed by atoms with E-state index in [-0.39, 0.29) is 46.2 Å². The lowest BCUT2D eigenvalue weighted by Crippen LogP contribution is -2.49. The van der Waals surface area contributed by atoms with Gasteiger partial charge in [-0.15, -0.1) is 5.54 Å². The first-order valence-corrected chi connectivity index (χ1v) is 23.8. The molecular formula is C46H60F3N7O3Si. The topological polar surface area (TPSA) is 110 Å². The van der Waals surface area contributed by atoms with Crippen molar-refractivity contribution in [3.63, 3.8) is 0 Å². The van der Waals surface area contributed by atoms with E-state index in [9.17, 15) is 9.18 Å². The van der Waals surface area contributed by atoms with Crippen LogP contribution in [-0.4, -0.2) is 89.1 Å². The number of carbonyl (C=O) groups is 1. The lowest BCUT2D eigenvalue weighted by Gasteiger charge is -2.38. The van der Waals surface area contributed by atoms with E-state index in [1.54, 1.807) is 44.0 Å². The van der Waals surface area contributed by atoms with Gasteiger partial charge in [0, 0.05) is 48.9 Å². The highest BCUT2D eigenvalue weighted by molar-refractivity contribution is 6.90. The number of fused-ring (bicyclic) bond motifs is 3. The van der Waals surface area contributed by atoms with E-state index in [2.05, 4.69) is 62.9 Å². The number of benzene rings is 2. The lowest BCUT2D eigenvalue weighted by atomic mass is 9.95. The van der Waals surface area contributed by atoms with Gasteiger partial charge in [-0.1, -0.05) is 53.5 Å². The molecule has 0 spiro atoms. The van der Waals surface area contributed by atoms with E-state index >= 15 is 8.78 Å². The second kappa shape index (κ2) is 16.7. The first kappa shape index (κ1) is 43.5. The molecule has 0 saturated carbocycles. The number of nitrogens with two attached hydrogens (primary N) is 1. The molecule has 3 aliphatic heterocycles. The van der Waals surface area contributed by atoms with E-state index in [0.717, 1.165) is 38.6 Å². The molecule has 2 aromatic carbocycles. The number of aromatic nitrogens is 3. The zero-order valence-corrected chi connectivity index (χ0v) is 37.6. The Bertz CT molecular complexity index is 2320. The van der Waals surface area contributed by atoms with Gasteiger partial charge >= 0.3 is 12.1 Å². The van der Waals surface area contributed by atoms with Crippen molar-refractivity contribution >= 4 is 47.3 Å². The minimum Gasteiger partial charge on any atom is -0.461 e. The molecule has 2 atom stereocenters. The number of amides is 1. The first-order valence-electron chi connectivity index (χ1n) is 21.6. The second-order valence-electron chi connectivity index (χ2n) is 18.9. The summed E-state index contributed by atoms with van der Waals surface area (Å²) in [6.45, 7) is 20.5. The number of pyridine rings is 1. The predicted octanol–water partition coefficient (Wildman–Crippen LogP) is 10.4. The molecule has 4 aromatic rings. The van der Waals surface area contributed by atoms with Gasteiger partial charge < -0.3 is 15.2 Å². The Kier molecular flexibility index (Phi) is 12.1. The summed E-state index contributed by atoms with van der Waals surface area (Å²) in [5.41, 5.74) is 10.3. The molecule has 2 aromatic heterocycles. The van der Waals surface area contributed by atoms with Crippen LogP contribution in [0.5, 0.6) is 6.01 Å². The number of rotatable bonds is 8. The second-order valence-corrected chi connectivity index (χ2v) is 24.5. The van der Waals surface area contributed by atoms with Crippen LogP contribution in [0.15, 0.2) is 30.5 Å². The molecule has 60 heavy (non-hydrogen) atoms. The Balaban J connectivity index is 1.43. The molecule has 3 aliphatic rings. The van der Waals surface area contributed by atoms with Crippen LogP contribution in [0.1, 0.15) is 106 Å². The maximum absolute atomic E-state index is 17.7. The maximum atomic E-state index is 17.7. The van der Waals surface area contributed by atoms with Crippen molar-refractivity contribution in [3.8, 4) is 28.7 Å². The van der Waals surface area contributed by atoms with E-state index in [0.29, 0.717) is 59.1 Å². The number of nitrogen functional groups attached to an aromatic ring is 1. The summed E-state index contributed by atoms with van der Waals surface area (Å²) in [6, 6.07) is 6.22. The van der Waals surface area contributed by atoms with Crippen LogP contribution in [0, 0.1) is 23.1 Å². The molecule has 3 fully saturated rings. The van der Waals surface area contributed by atoms with Gasteiger partial charge in [0.1, 0.15) is 43.5 Å². The zero-order chi connectivity index (χ0) is 43.3. The monoisotopic (exact) mass is 843 g/mol. The highest BCUT2D eigenvalue weighted by atomic mass is 28.3. The fourth-order valence-electron chi connectivity index (χ4n) is 10.2. The molecule has 5 heterocycles. The molecule has 7 rings (SSSR count). The lowest BCUT2D eigenvalue weighted by molar-refractivity contribution is 0.0232. The van der Waals surface area contributed by atoms with Crippen molar-refractivity contribution < 1.29 is 27.4 Å². The van der Waals surface area contributed by atoms with Crippen molar-refractivity contribution in [1.82, 2.24) is 24.9 Å². The van der Waals surface area contributed by atoms with Crippen LogP contribution >= 0.6 is 0 Å². The highest BCUT2D eigenvalue weighted by Crippen LogP contribution is 2.43. The standard InChI is InChI=1S/C46H60F3N7O3Si/c1-28(2)60(29(3)4,30(5)6)21-16-34-37(48)15-14-31-22-33(50)23-35(38(31)34)40-39(49)41-36(25-51-40)42(55-19-11-10-12-20-56(55)44(57)59-45(7,8)9)53-43(52-41)58-27-46-17-13-18-54(46)26-32(47)24-46/h14-15,22-23,25,28-30,32H,10-13,17-20,24,26-27,50H2,1-9H3/t32-,46+/m1/s1. The number of halogens is 3. The van der Waals surface area contributed by atoms with Crippen LogP contribution in [0.2, 0.25) is 16.6 Å². The molecule has 0 aliphatic carbocycles. The molecular weight excluding hydrogens is 784 g/mol. The van der Waals surface area contributed by atoms with Crippen LogP contribution in [0.25, 0.3) is 32.9 Å². The highest BCUT2D eigenvalue weighted by Gasteiger charge is 2.49. The van der Waals surface area contributed by atoms with Gasteiger partial charge in [-0.05, 0) is 99.6 Å². The van der Waals surface area contributed by atoms with E-state index in [1.165, 1.54) is 17.3 Å². The van der Waals surface area contributed by atoms with E-state index < -0.39 is 43.1 Å². The summed E-state index contributed by atoms with van der Waals surface area (Å²) in [7, 11) is -2.30. The smallest absolute Gasteiger partial charge is 0.429 e. The Morgan fingerprint density at radius 1 is 1.00 bits per heavy atom. The quantitative estimate of drug-likeness (QED) is 0.105. The first-order chi connectivity index (χ1) is 28.3. The minimum atomic E-state index is -2.30. The summed E-state index contributed by atoms with van der Waals surface area (Å²) < 4.78 is 60.9. The summed E-state index contributed by atoms with van der Waals surface area (Å²) in [6.07, 6.45) is 4.25. The van der Waals surface area contributed by atoms with E-state index in [1.807, 2.05) is 0 Å². The van der Waals surface area contributed by atoms with Gasteiger partial charge in [-0.25, -0.2) is 23.0 Å². The molecule has 3 saturated heterocycles. The molecule has 0 radical (unpaired) electrons. The molecule has 14 heteroatoms. The number of ether oxygens (including phenoxy) is 2. The number of nitrogens with zero attached hydrogens (tertiary/aromatic N) is 6. The van der Waals surface area contributed by atoms with Crippen molar-refractivity contribution in [2.75, 3.05) is 43.5 Å². The van der Waals surface area contributed by atoms with Gasteiger partial charge in [0.2, 0.25) is 0 Å². The number of hydrogen-bond donors (Lipinski definition) is 1. The number of hydrazine groups is 1. The summed E-state index contributed by atoms with van der Waals surface area (Å²) >= 11 is 0. The third kappa shape index (κ3) is 8.11. The van der Waals surface area contributed by atoms with Crippen LogP contribution in [0.4, 0.5) is 29.5 Å². The Hall–Kier alpha value is -4.61. The van der Waals surface area contributed by atoms with Crippen molar-refractivity contribution in [2.24, 2.45) is 0 Å². The Morgan fingerprint density at radius 3 is 2.42 bits per heavy atom. The van der Waals surface area contributed by atoms with Crippen LogP contribution < -0.4 is 15.5 Å². The Labute approximate surface area is 353 Å². The summed E-state index contributed by atoms with van der Waals surface area (Å²) in [5, 5.41) is 4.45. The van der Waals surface area contributed by atoms with Crippen LogP contribution in [-0.2, 0) is 4.74 Å². The zero-order valence-electron chi connectivity index (χ0n) is 36.6. The molecule has 2 N–H and O–H groups in total. The molecule has 1 amide bonds. The predicted molar refractivity (Wildman–Crippen MR) is 235 cm³/mol.